The van der Waals surface area contributed by atoms with E-state index < -0.39 is 18.0 Å². The van der Waals surface area contributed by atoms with Crippen LogP contribution in [0.2, 0.25) is 0 Å². The number of aromatic carboxylic acids is 1. The monoisotopic (exact) mass is 355 g/mol. The van der Waals surface area contributed by atoms with Gasteiger partial charge in [0.1, 0.15) is 6.04 Å². The second-order valence-corrected chi connectivity index (χ2v) is 5.50. The second-order valence-electron chi connectivity index (χ2n) is 4.59. The number of carboxylic acids is 1. The summed E-state index contributed by atoms with van der Waals surface area (Å²) in [7, 11) is 0. The van der Waals surface area contributed by atoms with Crippen LogP contribution in [0.3, 0.4) is 0 Å². The molecule has 7 nitrogen and oxygen atoms in total. The quantitative estimate of drug-likeness (QED) is 0.748. The van der Waals surface area contributed by atoms with Gasteiger partial charge in [0.2, 0.25) is 5.91 Å². The summed E-state index contributed by atoms with van der Waals surface area (Å²) in [6.07, 6.45) is 0. The smallest absolute Gasteiger partial charge is 0.337 e. The number of nitrogens with zero attached hydrogens (tertiary/aromatic N) is 1. The molecule has 3 N–H and O–H groups in total. The van der Waals surface area contributed by atoms with Gasteiger partial charge in [-0.2, -0.15) is 0 Å². The number of carbonyl (C=O) groups excluding carboxylic acids is 2. The number of anilines is 1. The predicted octanol–water partition coefficient (Wildman–Crippen LogP) is 1.50. The molecule has 0 aliphatic carbocycles. The third-order valence-corrected chi connectivity index (χ3v) is 3.71. The summed E-state index contributed by atoms with van der Waals surface area (Å²) in [5.74, 6) is -1.37. The summed E-state index contributed by atoms with van der Waals surface area (Å²) in [4.78, 5) is 36.3. The first kappa shape index (κ1) is 15.3. The van der Waals surface area contributed by atoms with Gasteiger partial charge in [-0.3, -0.25) is 4.79 Å². The molecule has 1 heterocycles. The van der Waals surface area contributed by atoms with E-state index in [4.69, 9.17) is 5.11 Å². The first-order chi connectivity index (χ1) is 9.90. The van der Waals surface area contributed by atoms with Crippen LogP contribution in [0.15, 0.2) is 22.7 Å². The number of urea groups is 1. The maximum atomic E-state index is 12.2. The number of halogens is 1. The lowest BCUT2D eigenvalue weighted by molar-refractivity contribution is -0.126. The van der Waals surface area contributed by atoms with E-state index in [0.29, 0.717) is 17.6 Å². The molecule has 0 spiro atoms. The van der Waals surface area contributed by atoms with Crippen LogP contribution in [0.4, 0.5) is 10.5 Å². The third kappa shape index (κ3) is 3.33. The van der Waals surface area contributed by atoms with Gasteiger partial charge in [0.05, 0.1) is 11.3 Å². The number of nitrogens with one attached hydrogen (secondary N) is 2. The maximum Gasteiger partial charge on any atom is 0.337 e. The summed E-state index contributed by atoms with van der Waals surface area (Å²) in [5.41, 5.74) is 0.167. The Balaban J connectivity index is 2.20. The average Bonchev–Trinajstić information content (AvgIpc) is 2.43. The third-order valence-electron chi connectivity index (χ3n) is 3.21. The van der Waals surface area contributed by atoms with Crippen molar-refractivity contribution in [3.05, 3.63) is 28.2 Å². The van der Waals surface area contributed by atoms with Gasteiger partial charge < -0.3 is 20.6 Å². The van der Waals surface area contributed by atoms with Gasteiger partial charge in [0, 0.05) is 17.6 Å². The van der Waals surface area contributed by atoms with Crippen LogP contribution in [0, 0.1) is 0 Å². The fraction of sp³-hybridized carbons (Fsp3) is 0.308. The van der Waals surface area contributed by atoms with E-state index in [1.54, 1.807) is 13.0 Å². The highest BCUT2D eigenvalue weighted by Gasteiger charge is 2.29. The lowest BCUT2D eigenvalue weighted by Gasteiger charge is -2.32. The zero-order valence-corrected chi connectivity index (χ0v) is 12.8. The van der Waals surface area contributed by atoms with E-state index in [2.05, 4.69) is 26.6 Å². The number of piperazine rings is 1. The van der Waals surface area contributed by atoms with Crippen LogP contribution in [0.1, 0.15) is 17.3 Å². The SMILES string of the molecule is CC1C(=O)NCCN1C(=O)Nc1ccc(Br)cc1C(=O)O. The van der Waals surface area contributed by atoms with E-state index in [0.717, 1.165) is 0 Å². The van der Waals surface area contributed by atoms with Crippen molar-refractivity contribution < 1.29 is 19.5 Å². The molecule has 21 heavy (non-hydrogen) atoms. The van der Waals surface area contributed by atoms with Gasteiger partial charge in [-0.05, 0) is 25.1 Å². The summed E-state index contributed by atoms with van der Waals surface area (Å²) in [6.45, 7) is 2.37. The number of carbonyl (C=O) groups is 3. The molecule has 1 fully saturated rings. The molecule has 1 aliphatic rings. The highest BCUT2D eigenvalue weighted by atomic mass is 79.9. The molecular weight excluding hydrogens is 342 g/mol. The van der Waals surface area contributed by atoms with Crippen LogP contribution in [-0.2, 0) is 4.79 Å². The zero-order valence-electron chi connectivity index (χ0n) is 11.2. The summed E-state index contributed by atoms with van der Waals surface area (Å²) in [6, 6.07) is 3.45. The molecule has 1 aliphatic heterocycles. The van der Waals surface area contributed by atoms with Crippen LogP contribution >= 0.6 is 15.9 Å². The van der Waals surface area contributed by atoms with Crippen molar-refractivity contribution in [2.24, 2.45) is 0 Å². The van der Waals surface area contributed by atoms with E-state index in [9.17, 15) is 14.4 Å². The maximum absolute atomic E-state index is 12.2. The van der Waals surface area contributed by atoms with Crippen molar-refractivity contribution >= 4 is 39.5 Å². The van der Waals surface area contributed by atoms with Crippen molar-refractivity contribution in [1.82, 2.24) is 10.2 Å². The number of hydrogen-bond acceptors (Lipinski definition) is 3. The molecule has 0 radical (unpaired) electrons. The van der Waals surface area contributed by atoms with Gasteiger partial charge in [-0.25, -0.2) is 9.59 Å². The Labute approximate surface area is 129 Å². The first-order valence-electron chi connectivity index (χ1n) is 6.28. The molecule has 1 aromatic rings. The molecule has 0 saturated carbocycles. The van der Waals surface area contributed by atoms with Crippen LogP contribution < -0.4 is 10.6 Å². The van der Waals surface area contributed by atoms with Crippen molar-refractivity contribution in [2.45, 2.75) is 13.0 Å². The molecule has 1 unspecified atom stereocenters. The minimum Gasteiger partial charge on any atom is -0.478 e. The number of carboxylic acid groups (broad SMARTS) is 1. The Kier molecular flexibility index (Phi) is 4.46. The molecule has 1 aromatic carbocycles. The lowest BCUT2D eigenvalue weighted by Crippen LogP contribution is -2.56. The molecule has 1 atom stereocenters. The fourth-order valence-electron chi connectivity index (χ4n) is 2.05. The number of amides is 3. The van der Waals surface area contributed by atoms with Crippen molar-refractivity contribution in [3.63, 3.8) is 0 Å². The van der Waals surface area contributed by atoms with Gasteiger partial charge in [0.15, 0.2) is 0 Å². The lowest BCUT2D eigenvalue weighted by atomic mass is 10.1. The highest BCUT2D eigenvalue weighted by molar-refractivity contribution is 9.10. The van der Waals surface area contributed by atoms with Crippen LogP contribution in [0.25, 0.3) is 0 Å². The normalized spacial score (nSPS) is 18.1. The Morgan fingerprint density at radius 2 is 2.19 bits per heavy atom. The van der Waals surface area contributed by atoms with E-state index in [1.807, 2.05) is 0 Å². The zero-order chi connectivity index (χ0) is 15.6. The number of benzene rings is 1. The molecule has 2 rings (SSSR count). The number of rotatable bonds is 2. The molecule has 0 bridgehead atoms. The molecule has 112 valence electrons. The van der Waals surface area contributed by atoms with Crippen LogP contribution in [0.5, 0.6) is 0 Å². The van der Waals surface area contributed by atoms with Gasteiger partial charge in [-0.1, -0.05) is 15.9 Å². The topological polar surface area (TPSA) is 98.7 Å². The standard InChI is InChI=1S/C13H14BrN3O4/c1-7-11(18)15-4-5-17(7)13(21)16-10-3-2-8(14)6-9(10)12(19)20/h2-3,6-7H,4-5H2,1H3,(H,15,18)(H,16,21)(H,19,20). The number of hydrogen-bond donors (Lipinski definition) is 3. The Bertz CT molecular complexity index is 605. The summed E-state index contributed by atoms with van der Waals surface area (Å²) >= 11 is 3.19. The van der Waals surface area contributed by atoms with Gasteiger partial charge in [-0.15, -0.1) is 0 Å². The van der Waals surface area contributed by atoms with E-state index >= 15 is 0 Å². The summed E-state index contributed by atoms with van der Waals surface area (Å²) in [5, 5.41) is 14.4. The predicted molar refractivity (Wildman–Crippen MR) is 79.3 cm³/mol. The van der Waals surface area contributed by atoms with Crippen LogP contribution in [-0.4, -0.2) is 47.0 Å². The average molecular weight is 356 g/mol. The molecule has 0 aromatic heterocycles. The van der Waals surface area contributed by atoms with Crippen molar-refractivity contribution in [1.29, 1.82) is 0 Å². The minimum atomic E-state index is -1.14. The van der Waals surface area contributed by atoms with Crippen molar-refractivity contribution in [3.8, 4) is 0 Å². The minimum absolute atomic E-state index is 0.0214. The molecule has 8 heteroatoms. The Hall–Kier alpha value is -2.09. The largest absolute Gasteiger partial charge is 0.478 e. The van der Waals surface area contributed by atoms with Gasteiger partial charge in [0.25, 0.3) is 0 Å². The summed E-state index contributed by atoms with van der Waals surface area (Å²) < 4.78 is 0.601. The van der Waals surface area contributed by atoms with E-state index in [-0.39, 0.29) is 17.2 Å². The Morgan fingerprint density at radius 3 is 2.86 bits per heavy atom. The highest BCUT2D eigenvalue weighted by Crippen LogP contribution is 2.22. The van der Waals surface area contributed by atoms with E-state index in [1.165, 1.54) is 17.0 Å². The first-order valence-corrected chi connectivity index (χ1v) is 7.07. The fourth-order valence-corrected chi connectivity index (χ4v) is 2.41. The second kappa shape index (κ2) is 6.13. The van der Waals surface area contributed by atoms with Crippen molar-refractivity contribution in [2.75, 3.05) is 18.4 Å². The van der Waals surface area contributed by atoms with Gasteiger partial charge >= 0.3 is 12.0 Å². The molecule has 3 amide bonds. The Morgan fingerprint density at radius 1 is 1.48 bits per heavy atom. The molecular formula is C13H14BrN3O4. The molecule has 1 saturated heterocycles.